The Morgan fingerprint density at radius 2 is 2.35 bits per heavy atom. The molecule has 1 fully saturated rings. The maximum absolute atomic E-state index is 5.65. The Balaban J connectivity index is 1.64. The van der Waals surface area contributed by atoms with Crippen LogP contribution in [0.4, 0.5) is 0 Å². The van der Waals surface area contributed by atoms with Gasteiger partial charge in [-0.3, -0.25) is 0 Å². The van der Waals surface area contributed by atoms with E-state index in [4.69, 9.17) is 4.74 Å². The van der Waals surface area contributed by atoms with E-state index in [1.807, 2.05) is 24.3 Å². The fourth-order valence-electron chi connectivity index (χ4n) is 1.90. The first kappa shape index (κ1) is 11.1. The largest absolute Gasteiger partial charge is 0.375 e. The molecule has 1 aromatic carbocycles. The number of thioether (sulfide) groups is 1. The minimum absolute atomic E-state index is 0.293. The zero-order valence-corrected chi connectivity index (χ0v) is 10.3. The molecule has 2 heterocycles. The number of ether oxygens (including phenoxy) is 1. The molecule has 1 saturated heterocycles. The monoisotopic (exact) mass is 249 g/mol. The summed E-state index contributed by atoms with van der Waals surface area (Å²) in [5, 5.41) is 4.30. The van der Waals surface area contributed by atoms with Gasteiger partial charge in [0, 0.05) is 18.8 Å². The summed E-state index contributed by atoms with van der Waals surface area (Å²) in [6, 6.07) is 8.09. The first-order valence-electron chi connectivity index (χ1n) is 5.82. The van der Waals surface area contributed by atoms with Crippen LogP contribution in [-0.4, -0.2) is 41.5 Å². The van der Waals surface area contributed by atoms with Crippen LogP contribution in [0.3, 0.4) is 0 Å². The molecule has 0 radical (unpaired) electrons. The van der Waals surface area contributed by atoms with Gasteiger partial charge < -0.3 is 15.0 Å². The number of aromatic amines is 1. The van der Waals surface area contributed by atoms with E-state index < -0.39 is 0 Å². The summed E-state index contributed by atoms with van der Waals surface area (Å²) in [6.07, 6.45) is 0.293. The number of nitrogens with zero attached hydrogens (tertiary/aromatic N) is 1. The molecule has 1 aliphatic heterocycles. The van der Waals surface area contributed by atoms with E-state index in [9.17, 15) is 0 Å². The van der Waals surface area contributed by atoms with Gasteiger partial charge in [-0.05, 0) is 12.1 Å². The molecule has 0 spiro atoms. The van der Waals surface area contributed by atoms with Gasteiger partial charge >= 0.3 is 0 Å². The third-order valence-corrected chi connectivity index (χ3v) is 3.78. The van der Waals surface area contributed by atoms with E-state index in [0.717, 1.165) is 41.6 Å². The van der Waals surface area contributed by atoms with Gasteiger partial charge in [-0.2, -0.15) is 0 Å². The number of nitrogens with one attached hydrogen (secondary N) is 2. The second-order valence-electron chi connectivity index (χ2n) is 4.07. The van der Waals surface area contributed by atoms with Gasteiger partial charge in [0.1, 0.15) is 0 Å². The van der Waals surface area contributed by atoms with Crippen molar-refractivity contribution in [1.82, 2.24) is 15.3 Å². The topological polar surface area (TPSA) is 49.9 Å². The minimum Gasteiger partial charge on any atom is -0.375 e. The highest BCUT2D eigenvalue weighted by molar-refractivity contribution is 7.99. The molecule has 1 aromatic heterocycles. The smallest absolute Gasteiger partial charge is 0.166 e. The molecular formula is C12H15N3OS. The van der Waals surface area contributed by atoms with Crippen LogP contribution in [0.25, 0.3) is 11.0 Å². The number of para-hydroxylation sites is 2. The lowest BCUT2D eigenvalue weighted by atomic mass is 10.3. The van der Waals surface area contributed by atoms with E-state index in [1.165, 1.54) is 0 Å². The third kappa shape index (κ3) is 2.62. The van der Waals surface area contributed by atoms with Crippen molar-refractivity contribution < 1.29 is 4.74 Å². The van der Waals surface area contributed by atoms with E-state index in [0.29, 0.717) is 6.10 Å². The number of rotatable bonds is 3. The number of morpholine rings is 1. The van der Waals surface area contributed by atoms with Crippen LogP contribution in [0.1, 0.15) is 0 Å². The molecule has 0 aliphatic carbocycles. The number of imidazole rings is 1. The predicted octanol–water partition coefficient (Wildman–Crippen LogP) is 1.64. The lowest BCUT2D eigenvalue weighted by molar-refractivity contribution is 0.0440. The van der Waals surface area contributed by atoms with Gasteiger partial charge in [0.25, 0.3) is 0 Å². The molecule has 3 rings (SSSR count). The van der Waals surface area contributed by atoms with Gasteiger partial charge in [-0.1, -0.05) is 23.9 Å². The number of hydrogen-bond donors (Lipinski definition) is 2. The van der Waals surface area contributed by atoms with Crippen LogP contribution in [-0.2, 0) is 4.74 Å². The average molecular weight is 249 g/mol. The van der Waals surface area contributed by atoms with Gasteiger partial charge in [0.15, 0.2) is 5.16 Å². The molecule has 4 nitrogen and oxygen atoms in total. The van der Waals surface area contributed by atoms with Crippen molar-refractivity contribution in [2.75, 3.05) is 25.4 Å². The normalized spacial score (nSPS) is 20.8. The van der Waals surface area contributed by atoms with Crippen LogP contribution in [0.2, 0.25) is 0 Å². The summed E-state index contributed by atoms with van der Waals surface area (Å²) >= 11 is 1.72. The Bertz CT molecular complexity index is 460. The highest BCUT2D eigenvalue weighted by atomic mass is 32.2. The maximum Gasteiger partial charge on any atom is 0.166 e. The number of benzene rings is 1. The fraction of sp³-hybridized carbons (Fsp3) is 0.417. The first-order valence-corrected chi connectivity index (χ1v) is 6.80. The third-order valence-electron chi connectivity index (χ3n) is 2.78. The SMILES string of the molecule is c1ccc2[nH]c(SCC3CNCCO3)nc2c1. The summed E-state index contributed by atoms with van der Waals surface area (Å²) in [5.74, 6) is 0.937. The Labute approximate surface area is 104 Å². The molecule has 5 heteroatoms. The summed E-state index contributed by atoms with van der Waals surface area (Å²) in [5.41, 5.74) is 2.12. The standard InChI is InChI=1S/C12H15N3OS/c1-2-4-11-10(3-1)14-12(15-11)17-8-9-7-13-5-6-16-9/h1-4,9,13H,5-8H2,(H,14,15). The second-order valence-corrected chi connectivity index (χ2v) is 5.08. The van der Waals surface area contributed by atoms with Crippen molar-refractivity contribution in [3.8, 4) is 0 Å². The Kier molecular flexibility index (Phi) is 3.31. The molecule has 2 aromatic rings. The van der Waals surface area contributed by atoms with Crippen LogP contribution < -0.4 is 5.32 Å². The molecule has 1 aliphatic rings. The summed E-state index contributed by atoms with van der Waals surface area (Å²) in [6.45, 7) is 2.71. The zero-order valence-electron chi connectivity index (χ0n) is 9.48. The van der Waals surface area contributed by atoms with Gasteiger partial charge in [-0.15, -0.1) is 0 Å². The van der Waals surface area contributed by atoms with E-state index in [1.54, 1.807) is 11.8 Å². The number of H-pyrrole nitrogens is 1. The van der Waals surface area contributed by atoms with Gasteiger partial charge in [0.05, 0.1) is 23.7 Å². The highest BCUT2D eigenvalue weighted by Crippen LogP contribution is 2.20. The fourth-order valence-corrected chi connectivity index (χ4v) is 2.80. The average Bonchev–Trinajstić information content (AvgIpc) is 2.80. The van der Waals surface area contributed by atoms with Gasteiger partial charge in [-0.25, -0.2) is 4.98 Å². The van der Waals surface area contributed by atoms with E-state index >= 15 is 0 Å². The van der Waals surface area contributed by atoms with Crippen molar-refractivity contribution in [3.63, 3.8) is 0 Å². The summed E-state index contributed by atoms with van der Waals surface area (Å²) < 4.78 is 5.65. The molecule has 0 bridgehead atoms. The quantitative estimate of drug-likeness (QED) is 0.812. The Morgan fingerprint density at radius 3 is 3.18 bits per heavy atom. The van der Waals surface area contributed by atoms with E-state index in [2.05, 4.69) is 15.3 Å². The van der Waals surface area contributed by atoms with Crippen LogP contribution >= 0.6 is 11.8 Å². The summed E-state index contributed by atoms with van der Waals surface area (Å²) in [7, 11) is 0. The molecule has 2 N–H and O–H groups in total. The first-order chi connectivity index (χ1) is 8.42. The van der Waals surface area contributed by atoms with Crippen molar-refractivity contribution in [1.29, 1.82) is 0 Å². The zero-order chi connectivity index (χ0) is 11.5. The maximum atomic E-state index is 5.65. The number of hydrogen-bond acceptors (Lipinski definition) is 4. The molecular weight excluding hydrogens is 234 g/mol. The van der Waals surface area contributed by atoms with Crippen LogP contribution in [0.15, 0.2) is 29.4 Å². The molecule has 17 heavy (non-hydrogen) atoms. The molecule has 1 unspecified atom stereocenters. The van der Waals surface area contributed by atoms with Crippen molar-refractivity contribution >= 4 is 22.8 Å². The molecule has 0 saturated carbocycles. The summed E-state index contributed by atoms with van der Waals surface area (Å²) in [4.78, 5) is 7.84. The predicted molar refractivity (Wildman–Crippen MR) is 69.4 cm³/mol. The van der Waals surface area contributed by atoms with Crippen molar-refractivity contribution in [2.24, 2.45) is 0 Å². The Morgan fingerprint density at radius 1 is 1.41 bits per heavy atom. The van der Waals surface area contributed by atoms with Crippen LogP contribution in [0, 0.1) is 0 Å². The lowest BCUT2D eigenvalue weighted by Gasteiger charge is -2.22. The van der Waals surface area contributed by atoms with Gasteiger partial charge in [0.2, 0.25) is 0 Å². The number of aromatic nitrogens is 2. The second kappa shape index (κ2) is 5.08. The van der Waals surface area contributed by atoms with Crippen LogP contribution in [0.5, 0.6) is 0 Å². The van der Waals surface area contributed by atoms with Crippen molar-refractivity contribution in [2.45, 2.75) is 11.3 Å². The number of fused-ring (bicyclic) bond motifs is 1. The molecule has 0 amide bonds. The molecule has 1 atom stereocenters. The lowest BCUT2D eigenvalue weighted by Crippen LogP contribution is -2.39. The minimum atomic E-state index is 0.293. The highest BCUT2D eigenvalue weighted by Gasteiger charge is 2.14. The Hall–Kier alpha value is -1.04. The molecule has 90 valence electrons. The van der Waals surface area contributed by atoms with Crippen molar-refractivity contribution in [3.05, 3.63) is 24.3 Å². The van der Waals surface area contributed by atoms with E-state index in [-0.39, 0.29) is 0 Å².